The van der Waals surface area contributed by atoms with Gasteiger partial charge < -0.3 is 5.32 Å². The summed E-state index contributed by atoms with van der Waals surface area (Å²) in [6.07, 6.45) is 1.42. The Kier molecular flexibility index (Phi) is 5.29. The van der Waals surface area contributed by atoms with E-state index in [1.54, 1.807) is 28.8 Å². The normalized spacial score (nSPS) is 19.1. The van der Waals surface area contributed by atoms with Gasteiger partial charge in [0.2, 0.25) is 11.8 Å². The highest BCUT2D eigenvalue weighted by molar-refractivity contribution is 7.14. The zero-order chi connectivity index (χ0) is 20.4. The van der Waals surface area contributed by atoms with Gasteiger partial charge in [-0.15, -0.1) is 11.3 Å². The molecule has 3 aromatic rings. The third kappa shape index (κ3) is 3.73. The molecule has 0 aliphatic carbocycles. The van der Waals surface area contributed by atoms with Crippen molar-refractivity contribution in [2.45, 2.75) is 31.6 Å². The highest BCUT2D eigenvalue weighted by atomic mass is 32.1. The van der Waals surface area contributed by atoms with Crippen molar-refractivity contribution in [3.63, 3.8) is 0 Å². The molecule has 6 nitrogen and oxygen atoms in total. The van der Waals surface area contributed by atoms with Crippen LogP contribution in [0.25, 0.3) is 10.6 Å². The number of amides is 3. The Bertz CT molecular complexity index is 1060. The molecule has 148 valence electrons. The summed E-state index contributed by atoms with van der Waals surface area (Å²) in [7, 11) is 0. The van der Waals surface area contributed by atoms with Gasteiger partial charge in [0.25, 0.3) is 5.91 Å². The highest BCUT2D eigenvalue weighted by Crippen LogP contribution is 2.36. The number of thiophene rings is 1. The number of carbonyl (C=O) groups is 3. The van der Waals surface area contributed by atoms with Gasteiger partial charge in [-0.2, -0.15) is 11.3 Å². The highest BCUT2D eigenvalue weighted by Gasteiger charge is 2.42. The van der Waals surface area contributed by atoms with Crippen LogP contribution >= 0.6 is 22.7 Å². The number of carbonyl (C=O) groups excluding carboxylic acids is 3. The van der Waals surface area contributed by atoms with Crippen LogP contribution in [-0.4, -0.2) is 22.7 Å². The van der Waals surface area contributed by atoms with Gasteiger partial charge >= 0.3 is 0 Å². The molecule has 1 saturated heterocycles. The maximum absolute atomic E-state index is 12.5. The van der Waals surface area contributed by atoms with Crippen LogP contribution < -0.4 is 10.6 Å². The Labute approximate surface area is 176 Å². The van der Waals surface area contributed by atoms with E-state index >= 15 is 0 Å². The van der Waals surface area contributed by atoms with E-state index in [2.05, 4.69) is 15.6 Å². The van der Waals surface area contributed by atoms with Gasteiger partial charge in [0, 0.05) is 28.4 Å². The molecule has 29 heavy (non-hydrogen) atoms. The van der Waals surface area contributed by atoms with Gasteiger partial charge in [-0.1, -0.05) is 19.1 Å². The molecule has 2 N–H and O–H groups in total. The molecule has 4 rings (SSSR count). The summed E-state index contributed by atoms with van der Waals surface area (Å²) in [4.78, 5) is 40.9. The lowest BCUT2D eigenvalue weighted by Crippen LogP contribution is -2.51. The number of aromatic nitrogens is 1. The van der Waals surface area contributed by atoms with Crippen LogP contribution in [0.5, 0.6) is 0 Å². The first-order valence-corrected chi connectivity index (χ1v) is 11.1. The molecule has 3 heterocycles. The van der Waals surface area contributed by atoms with Crippen molar-refractivity contribution in [1.29, 1.82) is 0 Å². The van der Waals surface area contributed by atoms with Crippen LogP contribution in [0.3, 0.4) is 0 Å². The monoisotopic (exact) mass is 425 g/mol. The van der Waals surface area contributed by atoms with E-state index in [9.17, 15) is 14.4 Å². The molecule has 0 spiro atoms. The topological polar surface area (TPSA) is 88.2 Å². The Hall–Kier alpha value is -2.84. The quantitative estimate of drug-likeness (QED) is 0.600. The molecule has 0 saturated carbocycles. The first-order valence-electron chi connectivity index (χ1n) is 9.26. The number of nitrogens with zero attached hydrogens (tertiary/aromatic N) is 1. The summed E-state index contributed by atoms with van der Waals surface area (Å²) >= 11 is 3.02. The molecule has 2 aromatic heterocycles. The average Bonchev–Trinajstić information content (AvgIpc) is 3.41. The SMILES string of the molecule is CC[C@]1(c2ccc(NC(=O)c3csc(-c4ccsc4)n3)cc2)CCC(=O)NC1=O. The molecule has 1 aliphatic heterocycles. The predicted octanol–water partition coefficient (Wildman–Crippen LogP) is 4.21. The molecule has 0 bridgehead atoms. The second kappa shape index (κ2) is 7.88. The van der Waals surface area contributed by atoms with E-state index in [1.165, 1.54) is 11.3 Å². The van der Waals surface area contributed by atoms with Crippen molar-refractivity contribution in [1.82, 2.24) is 10.3 Å². The molecule has 1 aliphatic rings. The number of thiazole rings is 1. The smallest absolute Gasteiger partial charge is 0.275 e. The van der Waals surface area contributed by atoms with E-state index in [0.717, 1.165) is 16.1 Å². The number of imide groups is 1. The van der Waals surface area contributed by atoms with Crippen LogP contribution in [0.1, 0.15) is 42.2 Å². The van der Waals surface area contributed by atoms with Gasteiger partial charge in [-0.05, 0) is 42.0 Å². The third-order valence-corrected chi connectivity index (χ3v) is 6.84. The minimum absolute atomic E-state index is 0.229. The molecule has 1 atom stereocenters. The Balaban J connectivity index is 1.49. The van der Waals surface area contributed by atoms with Crippen molar-refractivity contribution in [3.8, 4) is 10.6 Å². The van der Waals surface area contributed by atoms with Crippen LogP contribution in [0.15, 0.2) is 46.5 Å². The zero-order valence-electron chi connectivity index (χ0n) is 15.7. The van der Waals surface area contributed by atoms with Crippen molar-refractivity contribution in [2.24, 2.45) is 0 Å². The van der Waals surface area contributed by atoms with E-state index < -0.39 is 5.41 Å². The summed E-state index contributed by atoms with van der Waals surface area (Å²) in [5.74, 6) is -0.758. The van der Waals surface area contributed by atoms with E-state index in [-0.39, 0.29) is 17.7 Å². The largest absolute Gasteiger partial charge is 0.321 e. The molecular weight excluding hydrogens is 406 g/mol. The van der Waals surface area contributed by atoms with Crippen molar-refractivity contribution >= 4 is 46.1 Å². The minimum Gasteiger partial charge on any atom is -0.321 e. The number of hydrogen-bond donors (Lipinski definition) is 2. The number of hydrogen-bond acceptors (Lipinski definition) is 6. The Morgan fingerprint density at radius 1 is 1.21 bits per heavy atom. The predicted molar refractivity (Wildman–Crippen MR) is 114 cm³/mol. The average molecular weight is 426 g/mol. The molecule has 8 heteroatoms. The van der Waals surface area contributed by atoms with Gasteiger partial charge in [-0.3, -0.25) is 19.7 Å². The molecule has 1 aromatic carbocycles. The fourth-order valence-corrected chi connectivity index (χ4v) is 5.04. The van der Waals surface area contributed by atoms with Crippen molar-refractivity contribution in [3.05, 3.63) is 57.7 Å². The van der Waals surface area contributed by atoms with E-state index in [1.807, 2.05) is 35.9 Å². The lowest BCUT2D eigenvalue weighted by molar-refractivity contribution is -0.138. The molecule has 3 amide bonds. The van der Waals surface area contributed by atoms with E-state index in [4.69, 9.17) is 0 Å². The standard InChI is InChI=1S/C21H19N3O3S2/c1-2-21(9-7-17(25)24-20(21)27)14-3-5-15(6-4-14)22-18(26)16-12-29-19(23-16)13-8-10-28-11-13/h3-6,8,10-12H,2,7,9H2,1H3,(H,22,26)(H,24,25,27)/t21-/m1/s1. The number of rotatable bonds is 5. The first-order chi connectivity index (χ1) is 14.0. The summed E-state index contributed by atoms with van der Waals surface area (Å²) in [6.45, 7) is 1.94. The fraction of sp³-hybridized carbons (Fsp3) is 0.238. The lowest BCUT2D eigenvalue weighted by atomic mass is 9.72. The zero-order valence-corrected chi connectivity index (χ0v) is 17.4. The number of nitrogens with one attached hydrogen (secondary N) is 2. The molecule has 1 fully saturated rings. The van der Waals surface area contributed by atoms with E-state index in [0.29, 0.717) is 30.6 Å². The first kappa shape index (κ1) is 19.5. The molecule has 0 radical (unpaired) electrons. The van der Waals surface area contributed by atoms with Gasteiger partial charge in [0.15, 0.2) is 0 Å². The third-order valence-electron chi connectivity index (χ3n) is 5.27. The van der Waals surface area contributed by atoms with Crippen molar-refractivity contribution in [2.75, 3.05) is 5.32 Å². The summed E-state index contributed by atoms with van der Waals surface area (Å²) in [6, 6.07) is 9.21. The van der Waals surface area contributed by atoms with Crippen LogP contribution in [0.4, 0.5) is 5.69 Å². The Morgan fingerprint density at radius 2 is 2.00 bits per heavy atom. The van der Waals surface area contributed by atoms with Gasteiger partial charge in [-0.25, -0.2) is 4.98 Å². The van der Waals surface area contributed by atoms with Crippen LogP contribution in [0.2, 0.25) is 0 Å². The van der Waals surface area contributed by atoms with Gasteiger partial charge in [0.05, 0.1) is 5.41 Å². The van der Waals surface area contributed by atoms with Gasteiger partial charge in [0.1, 0.15) is 10.7 Å². The number of anilines is 1. The Morgan fingerprint density at radius 3 is 2.66 bits per heavy atom. The minimum atomic E-state index is -0.708. The second-order valence-electron chi connectivity index (χ2n) is 6.89. The lowest BCUT2D eigenvalue weighted by Gasteiger charge is -2.35. The second-order valence-corrected chi connectivity index (χ2v) is 8.53. The summed E-state index contributed by atoms with van der Waals surface area (Å²) < 4.78 is 0. The number of benzene rings is 1. The molecule has 0 unspecified atom stereocenters. The number of piperidine rings is 1. The maximum atomic E-state index is 12.5. The summed E-state index contributed by atoms with van der Waals surface area (Å²) in [5, 5.41) is 11.8. The fourth-order valence-electron chi connectivity index (χ4n) is 3.53. The maximum Gasteiger partial charge on any atom is 0.275 e. The van der Waals surface area contributed by atoms with Crippen LogP contribution in [-0.2, 0) is 15.0 Å². The molecular formula is C21H19N3O3S2. The summed E-state index contributed by atoms with van der Waals surface area (Å²) in [5.41, 5.74) is 2.15. The van der Waals surface area contributed by atoms with Crippen LogP contribution in [0, 0.1) is 0 Å². The van der Waals surface area contributed by atoms with Crippen molar-refractivity contribution < 1.29 is 14.4 Å².